The van der Waals surface area contributed by atoms with Gasteiger partial charge in [-0.15, -0.1) is 0 Å². The van der Waals surface area contributed by atoms with Gasteiger partial charge in [-0.3, -0.25) is 4.90 Å². The summed E-state index contributed by atoms with van der Waals surface area (Å²) < 4.78 is 0. The second-order valence-electron chi connectivity index (χ2n) is 3.44. The van der Waals surface area contributed by atoms with Crippen molar-refractivity contribution in [2.24, 2.45) is 0 Å². The summed E-state index contributed by atoms with van der Waals surface area (Å²) in [5, 5.41) is 3.44. The highest BCUT2D eigenvalue weighted by Crippen LogP contribution is 2.03. The van der Waals surface area contributed by atoms with Gasteiger partial charge in [-0.1, -0.05) is 6.92 Å². The van der Waals surface area contributed by atoms with Crippen LogP contribution in [0.1, 0.15) is 26.7 Å². The van der Waals surface area contributed by atoms with E-state index in [-0.39, 0.29) is 0 Å². The Kier molecular flexibility index (Phi) is 3.87. The molecule has 0 aromatic rings. The van der Waals surface area contributed by atoms with Crippen molar-refractivity contribution in [2.75, 3.05) is 26.2 Å². The lowest BCUT2D eigenvalue weighted by Gasteiger charge is -2.25. The summed E-state index contributed by atoms with van der Waals surface area (Å²) in [5.41, 5.74) is 0. The minimum atomic E-state index is 0.734. The Morgan fingerprint density at radius 1 is 1.55 bits per heavy atom. The second kappa shape index (κ2) is 4.73. The van der Waals surface area contributed by atoms with Gasteiger partial charge in [-0.2, -0.15) is 0 Å². The molecule has 1 aliphatic rings. The predicted molar refractivity (Wildman–Crippen MR) is 48.8 cm³/mol. The molecule has 0 saturated carbocycles. The van der Waals surface area contributed by atoms with Gasteiger partial charge in [0, 0.05) is 12.6 Å². The summed E-state index contributed by atoms with van der Waals surface area (Å²) in [6, 6.07) is 0.734. The van der Waals surface area contributed by atoms with Crippen LogP contribution >= 0.6 is 0 Å². The van der Waals surface area contributed by atoms with Crippen LogP contribution in [0.2, 0.25) is 0 Å². The molecule has 1 rings (SSSR count). The van der Waals surface area contributed by atoms with Crippen molar-refractivity contribution in [3.63, 3.8) is 0 Å². The highest BCUT2D eigenvalue weighted by atomic mass is 15.2. The van der Waals surface area contributed by atoms with Crippen molar-refractivity contribution >= 4 is 0 Å². The first-order valence-corrected chi connectivity index (χ1v) is 4.79. The summed E-state index contributed by atoms with van der Waals surface area (Å²) in [6.07, 6.45) is 2.59. The molecular formula is C9H20N2. The van der Waals surface area contributed by atoms with E-state index < -0.39 is 0 Å². The van der Waals surface area contributed by atoms with Gasteiger partial charge in [0.1, 0.15) is 0 Å². The smallest absolute Gasteiger partial charge is 0.0192 e. The van der Waals surface area contributed by atoms with Gasteiger partial charge in [0.2, 0.25) is 0 Å². The molecule has 0 bridgehead atoms. The largest absolute Gasteiger partial charge is 0.315 e. The summed E-state index contributed by atoms with van der Waals surface area (Å²) in [4.78, 5) is 2.58. The third-order valence-corrected chi connectivity index (χ3v) is 2.37. The normalized spacial score (nSPS) is 28.4. The minimum Gasteiger partial charge on any atom is -0.315 e. The molecular weight excluding hydrogens is 136 g/mol. The van der Waals surface area contributed by atoms with Gasteiger partial charge < -0.3 is 5.32 Å². The van der Waals surface area contributed by atoms with E-state index in [9.17, 15) is 0 Å². The first kappa shape index (κ1) is 9.01. The fraction of sp³-hybridized carbons (Fsp3) is 1.00. The van der Waals surface area contributed by atoms with Gasteiger partial charge in [0.25, 0.3) is 0 Å². The Hall–Kier alpha value is -0.0800. The Labute approximate surface area is 70.0 Å². The van der Waals surface area contributed by atoms with Crippen LogP contribution in [-0.4, -0.2) is 37.1 Å². The lowest BCUT2D eigenvalue weighted by atomic mass is 10.2. The molecule has 0 spiro atoms. The molecule has 2 nitrogen and oxygen atoms in total. The van der Waals surface area contributed by atoms with Crippen LogP contribution in [0.15, 0.2) is 0 Å². The van der Waals surface area contributed by atoms with E-state index in [4.69, 9.17) is 0 Å². The molecule has 0 aromatic heterocycles. The van der Waals surface area contributed by atoms with Crippen LogP contribution in [0.5, 0.6) is 0 Å². The summed E-state index contributed by atoms with van der Waals surface area (Å²) in [6.45, 7) is 9.48. The zero-order valence-corrected chi connectivity index (χ0v) is 7.77. The third kappa shape index (κ3) is 2.80. The van der Waals surface area contributed by atoms with Crippen molar-refractivity contribution in [1.82, 2.24) is 10.2 Å². The molecule has 0 aromatic carbocycles. The average Bonchev–Trinajstić information content (AvgIpc) is 2.18. The predicted octanol–water partition coefficient (Wildman–Crippen LogP) is 1.08. The van der Waals surface area contributed by atoms with Crippen LogP contribution < -0.4 is 5.32 Å². The quantitative estimate of drug-likeness (QED) is 0.643. The first-order valence-electron chi connectivity index (χ1n) is 4.79. The molecule has 1 heterocycles. The van der Waals surface area contributed by atoms with E-state index in [2.05, 4.69) is 24.1 Å². The van der Waals surface area contributed by atoms with Gasteiger partial charge in [-0.05, 0) is 39.4 Å². The van der Waals surface area contributed by atoms with E-state index in [1.807, 2.05) is 0 Å². The number of nitrogens with one attached hydrogen (secondary N) is 1. The Morgan fingerprint density at radius 2 is 2.36 bits per heavy atom. The topological polar surface area (TPSA) is 15.3 Å². The maximum absolute atomic E-state index is 3.44. The number of nitrogens with zero attached hydrogens (tertiary/aromatic N) is 1. The highest BCUT2D eigenvalue weighted by Gasteiger charge is 2.14. The van der Waals surface area contributed by atoms with Crippen LogP contribution in [0.25, 0.3) is 0 Å². The van der Waals surface area contributed by atoms with Crippen LogP contribution in [-0.2, 0) is 0 Å². The van der Waals surface area contributed by atoms with Gasteiger partial charge in [0.05, 0.1) is 0 Å². The molecule has 2 heteroatoms. The molecule has 1 N–H and O–H groups in total. The van der Waals surface area contributed by atoms with Crippen molar-refractivity contribution in [3.05, 3.63) is 0 Å². The zero-order chi connectivity index (χ0) is 8.10. The Morgan fingerprint density at radius 3 is 3.09 bits per heavy atom. The van der Waals surface area contributed by atoms with Crippen molar-refractivity contribution in [1.29, 1.82) is 0 Å². The molecule has 66 valence electrons. The van der Waals surface area contributed by atoms with E-state index >= 15 is 0 Å². The van der Waals surface area contributed by atoms with Crippen molar-refractivity contribution in [3.8, 4) is 0 Å². The molecule has 1 atom stereocenters. The highest BCUT2D eigenvalue weighted by molar-refractivity contribution is 4.73. The molecule has 0 amide bonds. The second-order valence-corrected chi connectivity index (χ2v) is 3.44. The van der Waals surface area contributed by atoms with Gasteiger partial charge in [0.15, 0.2) is 0 Å². The lowest BCUT2D eigenvalue weighted by Crippen LogP contribution is -2.37. The molecule has 0 radical (unpaired) electrons. The summed E-state index contributed by atoms with van der Waals surface area (Å²) in [5.74, 6) is 0. The number of rotatable bonds is 2. The summed E-state index contributed by atoms with van der Waals surface area (Å²) >= 11 is 0. The van der Waals surface area contributed by atoms with E-state index in [1.165, 1.54) is 39.0 Å². The van der Waals surface area contributed by atoms with Gasteiger partial charge in [-0.25, -0.2) is 0 Å². The van der Waals surface area contributed by atoms with E-state index in [1.54, 1.807) is 0 Å². The molecule has 0 aliphatic carbocycles. The maximum atomic E-state index is 3.44. The number of hydrogen-bond acceptors (Lipinski definition) is 2. The SMILES string of the molecule is CCCN1CCCNCC1C. The van der Waals surface area contributed by atoms with Crippen molar-refractivity contribution in [2.45, 2.75) is 32.7 Å². The van der Waals surface area contributed by atoms with Crippen LogP contribution in [0.4, 0.5) is 0 Å². The van der Waals surface area contributed by atoms with E-state index in [0.29, 0.717) is 0 Å². The third-order valence-electron chi connectivity index (χ3n) is 2.37. The standard InChI is InChI=1S/C9H20N2/c1-3-6-11-7-4-5-10-8-9(11)2/h9-10H,3-8H2,1-2H3. The van der Waals surface area contributed by atoms with Crippen LogP contribution in [0, 0.1) is 0 Å². The van der Waals surface area contributed by atoms with E-state index in [0.717, 1.165) is 6.04 Å². The number of hydrogen-bond donors (Lipinski definition) is 1. The molecule has 11 heavy (non-hydrogen) atoms. The zero-order valence-electron chi connectivity index (χ0n) is 7.77. The summed E-state index contributed by atoms with van der Waals surface area (Å²) in [7, 11) is 0. The monoisotopic (exact) mass is 156 g/mol. The fourth-order valence-corrected chi connectivity index (χ4v) is 1.69. The average molecular weight is 156 g/mol. The molecule has 1 unspecified atom stereocenters. The van der Waals surface area contributed by atoms with Crippen LogP contribution in [0.3, 0.4) is 0 Å². The molecule has 1 fully saturated rings. The fourth-order valence-electron chi connectivity index (χ4n) is 1.69. The molecule has 1 aliphatic heterocycles. The van der Waals surface area contributed by atoms with Crippen molar-refractivity contribution < 1.29 is 0 Å². The Balaban J connectivity index is 2.32. The maximum Gasteiger partial charge on any atom is 0.0192 e. The minimum absolute atomic E-state index is 0.734. The lowest BCUT2D eigenvalue weighted by molar-refractivity contribution is 0.223. The van der Waals surface area contributed by atoms with Gasteiger partial charge >= 0.3 is 0 Å². The molecule has 1 saturated heterocycles. The first-order chi connectivity index (χ1) is 5.34. The Bertz CT molecular complexity index is 104.